The molecule has 0 saturated heterocycles. The smallest absolute Gasteiger partial charge is 0.305 e. The van der Waals surface area contributed by atoms with Gasteiger partial charge in [0.15, 0.2) is 0 Å². The van der Waals surface area contributed by atoms with E-state index >= 15 is 0 Å². The zero-order chi connectivity index (χ0) is 9.78. The molecule has 0 rings (SSSR count). The third-order valence-corrected chi connectivity index (χ3v) is 1.26. The maximum Gasteiger partial charge on any atom is 0.305 e. The van der Waals surface area contributed by atoms with E-state index in [2.05, 4.69) is 5.32 Å². The van der Waals surface area contributed by atoms with Gasteiger partial charge in [0.1, 0.15) is 0 Å². The second-order valence-corrected chi connectivity index (χ2v) is 3.21. The molecule has 0 heterocycles. The van der Waals surface area contributed by atoms with Gasteiger partial charge in [0, 0.05) is 5.54 Å². The molecule has 0 atom stereocenters. The van der Waals surface area contributed by atoms with E-state index in [1.54, 1.807) is 13.8 Å². The van der Waals surface area contributed by atoms with Gasteiger partial charge in [-0.25, -0.2) is 0 Å². The summed E-state index contributed by atoms with van der Waals surface area (Å²) in [7, 11) is 0. The van der Waals surface area contributed by atoms with Crippen LogP contribution in [0.5, 0.6) is 0 Å². The lowest BCUT2D eigenvalue weighted by Crippen LogP contribution is -2.47. The highest BCUT2D eigenvalue weighted by molar-refractivity contribution is 5.79. The molecular weight excluding hydrogens is 160 g/mol. The van der Waals surface area contributed by atoms with E-state index in [0.29, 0.717) is 0 Å². The number of nitrogens with one attached hydrogen (secondary N) is 1. The van der Waals surface area contributed by atoms with E-state index < -0.39 is 11.5 Å². The van der Waals surface area contributed by atoms with Gasteiger partial charge in [0.25, 0.3) is 0 Å². The van der Waals surface area contributed by atoms with Crippen LogP contribution in [0.2, 0.25) is 0 Å². The highest BCUT2D eigenvalue weighted by Gasteiger charge is 2.22. The number of carboxylic acids is 1. The number of carbonyl (C=O) groups excluding carboxylic acids is 1. The fourth-order valence-electron chi connectivity index (χ4n) is 0.851. The number of hydrogen-bond acceptors (Lipinski definition) is 3. The van der Waals surface area contributed by atoms with E-state index in [1.165, 1.54) is 0 Å². The summed E-state index contributed by atoms with van der Waals surface area (Å²) in [5.74, 6) is -1.29. The number of hydrogen-bond donors (Lipinski definition) is 3. The Morgan fingerprint density at radius 2 is 2.00 bits per heavy atom. The van der Waals surface area contributed by atoms with Gasteiger partial charge in [-0.3, -0.25) is 9.59 Å². The predicted octanol–water partition coefficient (Wildman–Crippen LogP) is -0.685. The first-order chi connectivity index (χ1) is 5.37. The molecule has 0 bridgehead atoms. The van der Waals surface area contributed by atoms with Crippen molar-refractivity contribution in [2.75, 3.05) is 6.54 Å². The van der Waals surface area contributed by atoms with E-state index in [-0.39, 0.29) is 18.9 Å². The van der Waals surface area contributed by atoms with E-state index in [0.717, 1.165) is 0 Å². The molecule has 0 aliphatic carbocycles. The molecule has 1 amide bonds. The van der Waals surface area contributed by atoms with Gasteiger partial charge >= 0.3 is 5.97 Å². The monoisotopic (exact) mass is 174 g/mol. The topological polar surface area (TPSA) is 92.4 Å². The standard InChI is InChI=1S/C7H14N2O3/c1-7(2,3-6(11)12)9-5(10)4-8/h3-4,8H2,1-2H3,(H,9,10)(H,11,12). The minimum atomic E-state index is -0.947. The highest BCUT2D eigenvalue weighted by atomic mass is 16.4. The van der Waals surface area contributed by atoms with Crippen LogP contribution in [-0.4, -0.2) is 29.1 Å². The van der Waals surface area contributed by atoms with E-state index in [4.69, 9.17) is 10.8 Å². The van der Waals surface area contributed by atoms with Crippen LogP contribution < -0.4 is 11.1 Å². The first-order valence-electron chi connectivity index (χ1n) is 3.60. The van der Waals surface area contributed by atoms with Gasteiger partial charge in [-0.05, 0) is 13.8 Å². The molecule has 0 aromatic heterocycles. The number of carbonyl (C=O) groups is 2. The summed E-state index contributed by atoms with van der Waals surface area (Å²) < 4.78 is 0. The Morgan fingerprint density at radius 1 is 1.50 bits per heavy atom. The lowest BCUT2D eigenvalue weighted by molar-refractivity contribution is -0.138. The van der Waals surface area contributed by atoms with Gasteiger partial charge in [-0.1, -0.05) is 0 Å². The summed E-state index contributed by atoms with van der Waals surface area (Å²) in [5, 5.41) is 10.9. The summed E-state index contributed by atoms with van der Waals surface area (Å²) >= 11 is 0. The fraction of sp³-hybridized carbons (Fsp3) is 0.714. The van der Waals surface area contributed by atoms with E-state index in [9.17, 15) is 9.59 Å². The van der Waals surface area contributed by atoms with Gasteiger partial charge < -0.3 is 16.2 Å². The van der Waals surface area contributed by atoms with Gasteiger partial charge in [0.05, 0.1) is 13.0 Å². The molecular formula is C7H14N2O3. The summed E-state index contributed by atoms with van der Waals surface area (Å²) in [6, 6.07) is 0. The fourth-order valence-corrected chi connectivity index (χ4v) is 0.851. The predicted molar refractivity (Wildman–Crippen MR) is 43.5 cm³/mol. The molecule has 70 valence electrons. The molecule has 4 N–H and O–H groups in total. The summed E-state index contributed by atoms with van der Waals surface area (Å²) in [6.07, 6.45) is -0.112. The molecule has 0 aromatic carbocycles. The summed E-state index contributed by atoms with van der Waals surface area (Å²) in [5.41, 5.74) is 4.32. The van der Waals surface area contributed by atoms with Crippen LogP contribution >= 0.6 is 0 Å². The Morgan fingerprint density at radius 3 is 2.33 bits per heavy atom. The Hall–Kier alpha value is -1.10. The van der Waals surface area contributed by atoms with Crippen molar-refractivity contribution in [2.45, 2.75) is 25.8 Å². The maximum absolute atomic E-state index is 10.8. The van der Waals surface area contributed by atoms with Crippen LogP contribution in [0.25, 0.3) is 0 Å². The SMILES string of the molecule is CC(C)(CC(=O)O)NC(=O)CN. The number of amides is 1. The van der Waals surface area contributed by atoms with Crippen LogP contribution in [0.15, 0.2) is 0 Å². The highest BCUT2D eigenvalue weighted by Crippen LogP contribution is 2.07. The largest absolute Gasteiger partial charge is 0.481 e. The minimum Gasteiger partial charge on any atom is -0.481 e. The Kier molecular flexibility index (Phi) is 3.69. The van der Waals surface area contributed by atoms with Gasteiger partial charge in [-0.15, -0.1) is 0 Å². The number of rotatable bonds is 4. The van der Waals surface area contributed by atoms with E-state index in [1.807, 2.05) is 0 Å². The van der Waals surface area contributed by atoms with Crippen molar-refractivity contribution >= 4 is 11.9 Å². The minimum absolute atomic E-state index is 0.112. The average Bonchev–Trinajstić information content (AvgIpc) is 1.83. The van der Waals surface area contributed by atoms with Crippen molar-refractivity contribution in [1.29, 1.82) is 0 Å². The zero-order valence-corrected chi connectivity index (χ0v) is 7.26. The zero-order valence-electron chi connectivity index (χ0n) is 7.26. The quantitative estimate of drug-likeness (QED) is 0.526. The molecule has 12 heavy (non-hydrogen) atoms. The number of carboxylic acid groups (broad SMARTS) is 1. The maximum atomic E-state index is 10.8. The van der Waals surface area contributed by atoms with Crippen molar-refractivity contribution in [1.82, 2.24) is 5.32 Å². The third-order valence-electron chi connectivity index (χ3n) is 1.26. The molecule has 0 aromatic rings. The van der Waals surface area contributed by atoms with Crippen molar-refractivity contribution in [3.8, 4) is 0 Å². The molecule has 0 fully saturated rings. The molecule has 0 saturated carbocycles. The lowest BCUT2D eigenvalue weighted by atomic mass is 10.0. The molecule has 0 unspecified atom stereocenters. The van der Waals surface area contributed by atoms with Crippen molar-refractivity contribution in [3.05, 3.63) is 0 Å². The lowest BCUT2D eigenvalue weighted by Gasteiger charge is -2.23. The molecule has 5 nitrogen and oxygen atoms in total. The number of aliphatic carboxylic acids is 1. The van der Waals surface area contributed by atoms with Crippen LogP contribution in [0.4, 0.5) is 0 Å². The van der Waals surface area contributed by atoms with Crippen LogP contribution in [0.3, 0.4) is 0 Å². The molecule has 0 radical (unpaired) electrons. The first kappa shape index (κ1) is 10.9. The van der Waals surface area contributed by atoms with Gasteiger partial charge in [0.2, 0.25) is 5.91 Å². The second-order valence-electron chi connectivity index (χ2n) is 3.21. The molecule has 0 aliphatic rings. The van der Waals surface area contributed by atoms with Crippen molar-refractivity contribution in [3.63, 3.8) is 0 Å². The Bertz CT molecular complexity index is 189. The Labute approximate surface area is 70.9 Å². The second kappa shape index (κ2) is 4.06. The Balaban J connectivity index is 4.03. The van der Waals surface area contributed by atoms with Crippen LogP contribution in [0, 0.1) is 0 Å². The normalized spacial score (nSPS) is 10.9. The average molecular weight is 174 g/mol. The molecule has 5 heteroatoms. The summed E-state index contributed by atoms with van der Waals surface area (Å²) in [4.78, 5) is 21.1. The molecule has 0 aliphatic heterocycles. The number of nitrogens with two attached hydrogens (primary N) is 1. The first-order valence-corrected chi connectivity index (χ1v) is 3.60. The van der Waals surface area contributed by atoms with Gasteiger partial charge in [-0.2, -0.15) is 0 Å². The molecule has 0 spiro atoms. The van der Waals surface area contributed by atoms with Crippen LogP contribution in [0.1, 0.15) is 20.3 Å². The van der Waals surface area contributed by atoms with Crippen molar-refractivity contribution < 1.29 is 14.7 Å². The third kappa shape index (κ3) is 4.68. The summed E-state index contributed by atoms with van der Waals surface area (Å²) in [6.45, 7) is 3.15. The van der Waals surface area contributed by atoms with Crippen molar-refractivity contribution in [2.24, 2.45) is 5.73 Å². The van der Waals surface area contributed by atoms with Crippen LogP contribution in [-0.2, 0) is 9.59 Å².